The molecule has 3 rings (SSSR count). The Bertz CT molecular complexity index is 1020. The summed E-state index contributed by atoms with van der Waals surface area (Å²) in [5.74, 6) is -1.22. The highest BCUT2D eigenvalue weighted by Gasteiger charge is 2.13. The first kappa shape index (κ1) is 19.5. The lowest BCUT2D eigenvalue weighted by molar-refractivity contribution is -0.116. The third kappa shape index (κ3) is 4.90. The van der Waals surface area contributed by atoms with Crippen molar-refractivity contribution in [3.05, 3.63) is 82.9 Å². The van der Waals surface area contributed by atoms with Gasteiger partial charge in [-0.15, -0.1) is 0 Å². The zero-order chi connectivity index (χ0) is 20.1. The lowest BCUT2D eigenvalue weighted by Crippen LogP contribution is -2.15. The minimum Gasteiger partial charge on any atom is -0.508 e. The van der Waals surface area contributed by atoms with E-state index in [2.05, 4.69) is 5.32 Å². The minimum absolute atomic E-state index is 0.00734. The third-order valence-corrected chi connectivity index (χ3v) is 4.49. The Kier molecular flexibility index (Phi) is 5.96. The number of hydrogen-bond acceptors (Lipinski definition) is 3. The molecule has 0 radical (unpaired) electrons. The summed E-state index contributed by atoms with van der Waals surface area (Å²) in [6, 6.07) is 18.9. The number of carboxylic acids is 1. The summed E-state index contributed by atoms with van der Waals surface area (Å²) in [6.45, 7) is 0. The number of carbonyl (C=O) groups is 2. The predicted octanol–water partition coefficient (Wildman–Crippen LogP) is 4.98. The van der Waals surface area contributed by atoms with Crippen LogP contribution in [-0.4, -0.2) is 22.1 Å². The van der Waals surface area contributed by atoms with Gasteiger partial charge in [-0.3, -0.25) is 4.79 Å². The molecule has 0 saturated carbocycles. The van der Waals surface area contributed by atoms with Crippen LogP contribution in [0.3, 0.4) is 0 Å². The summed E-state index contributed by atoms with van der Waals surface area (Å²) in [5.41, 5.74) is 3.11. The summed E-state index contributed by atoms with van der Waals surface area (Å²) in [4.78, 5) is 23.6. The van der Waals surface area contributed by atoms with Crippen LogP contribution in [0.25, 0.3) is 11.1 Å². The predicted molar refractivity (Wildman–Crippen MR) is 109 cm³/mol. The Hall–Kier alpha value is -3.31. The molecular formula is C22H18ClNO4. The number of aromatic hydroxyl groups is 1. The SMILES string of the molecule is O=C(CCc1cccc(-c2ccc(O)cc2)c1)Nc1cc(Cl)ccc1C(=O)O. The fraction of sp³-hybridized carbons (Fsp3) is 0.0909. The number of anilines is 1. The van der Waals surface area contributed by atoms with Gasteiger partial charge in [-0.1, -0.05) is 48.0 Å². The molecule has 3 aromatic carbocycles. The van der Waals surface area contributed by atoms with E-state index in [0.717, 1.165) is 16.7 Å². The van der Waals surface area contributed by atoms with Crippen molar-refractivity contribution in [3.8, 4) is 16.9 Å². The minimum atomic E-state index is -1.13. The van der Waals surface area contributed by atoms with Crippen LogP contribution < -0.4 is 5.32 Å². The number of amides is 1. The maximum atomic E-state index is 12.3. The summed E-state index contributed by atoms with van der Waals surface area (Å²) in [6.07, 6.45) is 0.700. The van der Waals surface area contributed by atoms with Crippen LogP contribution in [0.5, 0.6) is 5.75 Å². The van der Waals surface area contributed by atoms with E-state index >= 15 is 0 Å². The fourth-order valence-corrected chi connectivity index (χ4v) is 3.01. The average Bonchev–Trinajstić information content (AvgIpc) is 2.67. The lowest BCUT2D eigenvalue weighted by atomic mass is 10.0. The molecule has 0 aliphatic rings. The molecular weight excluding hydrogens is 378 g/mol. The van der Waals surface area contributed by atoms with Crippen molar-refractivity contribution in [3.63, 3.8) is 0 Å². The molecule has 28 heavy (non-hydrogen) atoms. The number of phenolic OH excluding ortho intramolecular Hbond substituents is 1. The zero-order valence-electron chi connectivity index (χ0n) is 14.9. The van der Waals surface area contributed by atoms with Crippen LogP contribution in [0.4, 0.5) is 5.69 Å². The highest BCUT2D eigenvalue weighted by Crippen LogP contribution is 2.24. The van der Waals surface area contributed by atoms with Crippen LogP contribution in [0.15, 0.2) is 66.7 Å². The number of aryl methyl sites for hydroxylation is 1. The Morgan fingerprint density at radius 2 is 1.68 bits per heavy atom. The van der Waals surface area contributed by atoms with E-state index in [1.54, 1.807) is 12.1 Å². The highest BCUT2D eigenvalue weighted by molar-refractivity contribution is 6.31. The fourth-order valence-electron chi connectivity index (χ4n) is 2.84. The van der Waals surface area contributed by atoms with Crippen LogP contribution in [0, 0.1) is 0 Å². The monoisotopic (exact) mass is 395 g/mol. The average molecular weight is 396 g/mol. The van der Waals surface area contributed by atoms with E-state index in [4.69, 9.17) is 11.6 Å². The highest BCUT2D eigenvalue weighted by atomic mass is 35.5. The molecule has 0 atom stereocenters. The first-order chi connectivity index (χ1) is 13.4. The number of rotatable bonds is 6. The van der Waals surface area contributed by atoms with Gasteiger partial charge in [0.05, 0.1) is 11.3 Å². The van der Waals surface area contributed by atoms with Gasteiger partial charge in [0.2, 0.25) is 5.91 Å². The summed E-state index contributed by atoms with van der Waals surface area (Å²) < 4.78 is 0. The maximum absolute atomic E-state index is 12.3. The third-order valence-electron chi connectivity index (χ3n) is 4.25. The van der Waals surface area contributed by atoms with Gasteiger partial charge < -0.3 is 15.5 Å². The Morgan fingerprint density at radius 1 is 0.929 bits per heavy atom. The van der Waals surface area contributed by atoms with Crippen molar-refractivity contribution in [1.82, 2.24) is 0 Å². The van der Waals surface area contributed by atoms with Crippen LogP contribution >= 0.6 is 11.6 Å². The first-order valence-electron chi connectivity index (χ1n) is 8.63. The Labute approximate surface area is 167 Å². The molecule has 0 unspecified atom stereocenters. The number of halogens is 1. The maximum Gasteiger partial charge on any atom is 0.337 e. The molecule has 0 aliphatic heterocycles. The molecule has 0 heterocycles. The van der Waals surface area contributed by atoms with Crippen LogP contribution in [0.2, 0.25) is 5.02 Å². The Balaban J connectivity index is 1.67. The van der Waals surface area contributed by atoms with Crippen molar-refractivity contribution < 1.29 is 19.8 Å². The molecule has 3 N–H and O–H groups in total. The lowest BCUT2D eigenvalue weighted by Gasteiger charge is -2.10. The van der Waals surface area contributed by atoms with Crippen molar-refractivity contribution in [2.75, 3.05) is 5.32 Å². The van der Waals surface area contributed by atoms with E-state index in [1.165, 1.54) is 18.2 Å². The van der Waals surface area contributed by atoms with Crippen LogP contribution in [0.1, 0.15) is 22.3 Å². The van der Waals surface area contributed by atoms with Gasteiger partial charge in [0, 0.05) is 11.4 Å². The molecule has 5 nitrogen and oxygen atoms in total. The van der Waals surface area contributed by atoms with Gasteiger partial charge in [0.15, 0.2) is 0 Å². The second-order valence-electron chi connectivity index (χ2n) is 6.29. The quantitative estimate of drug-likeness (QED) is 0.549. The molecule has 1 amide bonds. The largest absolute Gasteiger partial charge is 0.508 e. The van der Waals surface area contributed by atoms with Gasteiger partial charge in [-0.2, -0.15) is 0 Å². The molecule has 6 heteroatoms. The number of carbonyl (C=O) groups excluding carboxylic acids is 1. The van der Waals surface area contributed by atoms with Crippen molar-refractivity contribution in [1.29, 1.82) is 0 Å². The first-order valence-corrected chi connectivity index (χ1v) is 9.01. The summed E-state index contributed by atoms with van der Waals surface area (Å²) in [5, 5.41) is 21.6. The van der Waals surface area contributed by atoms with E-state index in [0.29, 0.717) is 11.4 Å². The number of nitrogens with one attached hydrogen (secondary N) is 1. The normalized spacial score (nSPS) is 10.5. The van der Waals surface area contributed by atoms with Gasteiger partial charge in [-0.05, 0) is 53.4 Å². The molecule has 142 valence electrons. The summed E-state index contributed by atoms with van der Waals surface area (Å²) >= 11 is 5.90. The van der Waals surface area contributed by atoms with Gasteiger partial charge in [-0.25, -0.2) is 4.79 Å². The molecule has 0 fully saturated rings. The van der Waals surface area contributed by atoms with Gasteiger partial charge in [0.1, 0.15) is 5.75 Å². The molecule has 0 aromatic heterocycles. The second kappa shape index (κ2) is 8.59. The smallest absolute Gasteiger partial charge is 0.337 e. The van der Waals surface area contributed by atoms with Crippen molar-refractivity contribution >= 4 is 29.2 Å². The topological polar surface area (TPSA) is 86.6 Å². The van der Waals surface area contributed by atoms with E-state index in [-0.39, 0.29) is 29.3 Å². The molecule has 0 saturated heterocycles. The molecule has 0 spiro atoms. The second-order valence-corrected chi connectivity index (χ2v) is 6.73. The molecule has 0 bridgehead atoms. The van der Waals surface area contributed by atoms with Crippen molar-refractivity contribution in [2.45, 2.75) is 12.8 Å². The molecule has 0 aliphatic carbocycles. The number of phenols is 1. The summed E-state index contributed by atoms with van der Waals surface area (Å²) in [7, 11) is 0. The number of benzene rings is 3. The van der Waals surface area contributed by atoms with Gasteiger partial charge >= 0.3 is 5.97 Å². The van der Waals surface area contributed by atoms with Crippen molar-refractivity contribution in [2.24, 2.45) is 0 Å². The number of carboxylic acid groups (broad SMARTS) is 1. The van der Waals surface area contributed by atoms with E-state index < -0.39 is 5.97 Å². The number of aromatic carboxylic acids is 1. The zero-order valence-corrected chi connectivity index (χ0v) is 15.6. The standard InChI is InChI=1S/C22H18ClNO4/c23-17-7-10-19(22(27)28)20(13-17)24-21(26)11-4-14-2-1-3-16(12-14)15-5-8-18(25)9-6-15/h1-3,5-10,12-13,25H,4,11H2,(H,24,26)(H,27,28). The van der Waals surface area contributed by atoms with Gasteiger partial charge in [0.25, 0.3) is 0 Å². The van der Waals surface area contributed by atoms with E-state index in [9.17, 15) is 19.8 Å². The number of hydrogen-bond donors (Lipinski definition) is 3. The molecule has 3 aromatic rings. The Morgan fingerprint density at radius 3 is 2.39 bits per heavy atom. The van der Waals surface area contributed by atoms with Crippen LogP contribution in [-0.2, 0) is 11.2 Å². The van der Waals surface area contributed by atoms with E-state index in [1.807, 2.05) is 36.4 Å².